The zero-order chi connectivity index (χ0) is 13.1. The first kappa shape index (κ1) is 12.9. The molecule has 92 valence electrons. The number of hydrogen-bond acceptors (Lipinski definition) is 3. The zero-order valence-corrected chi connectivity index (χ0v) is 11.0. The maximum Gasteiger partial charge on any atom is 0.293 e. The third-order valence-electron chi connectivity index (χ3n) is 2.38. The molecule has 0 atom stereocenters. The van der Waals surface area contributed by atoms with Crippen molar-refractivity contribution in [1.29, 1.82) is 0 Å². The number of carbonyl (C=O) groups excluding carboxylic acids is 2. The normalized spacial score (nSPS) is 17.6. The molecule has 1 aromatic rings. The van der Waals surface area contributed by atoms with Crippen molar-refractivity contribution in [3.63, 3.8) is 0 Å². The molecule has 1 aliphatic rings. The number of hydrogen-bond donors (Lipinski definition) is 0. The van der Waals surface area contributed by atoms with E-state index in [1.54, 1.807) is 18.2 Å². The Kier molecular flexibility index (Phi) is 3.89. The number of benzene rings is 1. The van der Waals surface area contributed by atoms with Crippen molar-refractivity contribution in [3.8, 4) is 0 Å². The predicted octanol–water partition coefficient (Wildman–Crippen LogP) is 3.56. The SMILES string of the molecule is C=CCN1C(=O)SC(=Cc2ccccc2Cl)C1=O. The molecule has 2 rings (SSSR count). The van der Waals surface area contributed by atoms with Crippen LogP contribution in [-0.4, -0.2) is 22.6 Å². The minimum Gasteiger partial charge on any atom is -0.268 e. The van der Waals surface area contributed by atoms with Crippen molar-refractivity contribution in [2.24, 2.45) is 0 Å². The molecule has 0 spiro atoms. The molecule has 18 heavy (non-hydrogen) atoms. The van der Waals surface area contributed by atoms with E-state index in [4.69, 9.17) is 11.6 Å². The highest BCUT2D eigenvalue weighted by atomic mass is 35.5. The first-order valence-corrected chi connectivity index (χ1v) is 6.43. The van der Waals surface area contributed by atoms with Crippen LogP contribution in [0.25, 0.3) is 6.08 Å². The minimum atomic E-state index is -0.301. The summed E-state index contributed by atoms with van der Waals surface area (Å²) in [5.74, 6) is -0.301. The maximum atomic E-state index is 11.9. The van der Waals surface area contributed by atoms with Gasteiger partial charge in [-0.25, -0.2) is 0 Å². The number of thioether (sulfide) groups is 1. The van der Waals surface area contributed by atoms with Crippen LogP contribution in [0.4, 0.5) is 4.79 Å². The van der Waals surface area contributed by atoms with Gasteiger partial charge in [-0.2, -0.15) is 0 Å². The van der Waals surface area contributed by atoms with Crippen molar-refractivity contribution >= 4 is 40.6 Å². The summed E-state index contributed by atoms with van der Waals surface area (Å²) < 4.78 is 0. The zero-order valence-electron chi connectivity index (χ0n) is 9.43. The van der Waals surface area contributed by atoms with Gasteiger partial charge in [-0.15, -0.1) is 6.58 Å². The molecule has 2 amide bonds. The average molecular weight is 280 g/mol. The first-order chi connectivity index (χ1) is 8.63. The monoisotopic (exact) mass is 279 g/mol. The first-order valence-electron chi connectivity index (χ1n) is 5.24. The molecule has 0 bridgehead atoms. The van der Waals surface area contributed by atoms with E-state index in [0.717, 1.165) is 22.2 Å². The molecule has 1 saturated heterocycles. The van der Waals surface area contributed by atoms with Gasteiger partial charge < -0.3 is 0 Å². The molecule has 0 saturated carbocycles. The van der Waals surface area contributed by atoms with E-state index in [9.17, 15) is 9.59 Å². The lowest BCUT2D eigenvalue weighted by molar-refractivity contribution is -0.122. The Hall–Kier alpha value is -1.52. The maximum absolute atomic E-state index is 11.9. The number of amides is 2. The topological polar surface area (TPSA) is 37.4 Å². The highest BCUT2D eigenvalue weighted by Gasteiger charge is 2.34. The van der Waals surface area contributed by atoms with Crippen LogP contribution >= 0.6 is 23.4 Å². The van der Waals surface area contributed by atoms with Gasteiger partial charge in [-0.1, -0.05) is 35.9 Å². The number of carbonyl (C=O) groups is 2. The Morgan fingerprint density at radius 2 is 2.06 bits per heavy atom. The van der Waals surface area contributed by atoms with Gasteiger partial charge in [0.1, 0.15) is 0 Å². The van der Waals surface area contributed by atoms with Gasteiger partial charge >= 0.3 is 0 Å². The number of nitrogens with zero attached hydrogens (tertiary/aromatic N) is 1. The summed E-state index contributed by atoms with van der Waals surface area (Å²) >= 11 is 6.92. The van der Waals surface area contributed by atoms with Gasteiger partial charge in [-0.3, -0.25) is 14.5 Å². The van der Waals surface area contributed by atoms with Crippen LogP contribution in [0.15, 0.2) is 41.8 Å². The van der Waals surface area contributed by atoms with E-state index in [-0.39, 0.29) is 17.7 Å². The quantitative estimate of drug-likeness (QED) is 0.627. The predicted molar refractivity (Wildman–Crippen MR) is 74.3 cm³/mol. The Balaban J connectivity index is 2.31. The minimum absolute atomic E-state index is 0.227. The van der Waals surface area contributed by atoms with E-state index in [1.165, 1.54) is 6.08 Å². The van der Waals surface area contributed by atoms with Crippen LogP contribution in [0.3, 0.4) is 0 Å². The molecule has 0 unspecified atom stereocenters. The fourth-order valence-corrected chi connectivity index (χ4v) is 2.55. The van der Waals surface area contributed by atoms with Gasteiger partial charge in [0.25, 0.3) is 11.1 Å². The molecular formula is C13H10ClNO2S. The Bertz CT molecular complexity index is 554. The molecule has 3 nitrogen and oxygen atoms in total. The largest absolute Gasteiger partial charge is 0.293 e. The second-order valence-corrected chi connectivity index (χ2v) is 5.00. The van der Waals surface area contributed by atoms with Gasteiger partial charge in [0.15, 0.2) is 0 Å². The summed E-state index contributed by atoms with van der Waals surface area (Å²) in [4.78, 5) is 25.1. The van der Waals surface area contributed by atoms with Gasteiger partial charge in [0, 0.05) is 11.6 Å². The van der Waals surface area contributed by atoms with Gasteiger partial charge in [-0.05, 0) is 29.5 Å². The van der Waals surface area contributed by atoms with E-state index in [2.05, 4.69) is 6.58 Å². The molecule has 1 aromatic carbocycles. The smallest absolute Gasteiger partial charge is 0.268 e. The van der Waals surface area contributed by atoms with Gasteiger partial charge in [0.05, 0.1) is 4.91 Å². The summed E-state index contributed by atoms with van der Waals surface area (Å²) in [5, 5.41) is 0.270. The molecule has 0 aliphatic carbocycles. The summed E-state index contributed by atoms with van der Waals surface area (Å²) in [6, 6.07) is 7.17. The Labute approximate surface area is 114 Å². The second kappa shape index (κ2) is 5.42. The van der Waals surface area contributed by atoms with Crippen molar-refractivity contribution < 1.29 is 9.59 Å². The van der Waals surface area contributed by atoms with E-state index >= 15 is 0 Å². The van der Waals surface area contributed by atoms with Crippen molar-refractivity contribution in [3.05, 3.63) is 52.4 Å². The Morgan fingerprint density at radius 3 is 2.72 bits per heavy atom. The van der Waals surface area contributed by atoms with Crippen LogP contribution in [0.5, 0.6) is 0 Å². The molecule has 0 N–H and O–H groups in total. The number of rotatable bonds is 3. The molecule has 1 fully saturated rings. The summed E-state index contributed by atoms with van der Waals surface area (Å²) in [6.45, 7) is 3.75. The highest BCUT2D eigenvalue weighted by molar-refractivity contribution is 8.18. The molecule has 1 aliphatic heterocycles. The van der Waals surface area contributed by atoms with Gasteiger partial charge in [0.2, 0.25) is 0 Å². The molecule has 1 heterocycles. The standard InChI is InChI=1S/C13H10ClNO2S/c1-2-7-15-12(16)11(18-13(15)17)8-9-5-3-4-6-10(9)14/h2-6,8H,1,7H2. The lowest BCUT2D eigenvalue weighted by Crippen LogP contribution is -2.27. The summed E-state index contributed by atoms with van der Waals surface area (Å²) in [7, 11) is 0. The van der Waals surface area contributed by atoms with E-state index < -0.39 is 0 Å². The molecule has 5 heteroatoms. The van der Waals surface area contributed by atoms with Crippen LogP contribution < -0.4 is 0 Å². The number of halogens is 1. The number of imide groups is 1. The Morgan fingerprint density at radius 1 is 1.33 bits per heavy atom. The van der Waals surface area contributed by atoms with E-state index in [0.29, 0.717) is 9.93 Å². The van der Waals surface area contributed by atoms with Crippen molar-refractivity contribution in [1.82, 2.24) is 4.90 Å². The second-order valence-electron chi connectivity index (χ2n) is 3.60. The highest BCUT2D eigenvalue weighted by Crippen LogP contribution is 2.33. The molecular weight excluding hydrogens is 270 g/mol. The summed E-state index contributed by atoms with van der Waals surface area (Å²) in [6.07, 6.45) is 3.16. The fraction of sp³-hybridized carbons (Fsp3) is 0.0769. The summed E-state index contributed by atoms with van der Waals surface area (Å²) in [5.41, 5.74) is 0.725. The van der Waals surface area contributed by atoms with Crippen LogP contribution in [0.1, 0.15) is 5.56 Å². The van der Waals surface area contributed by atoms with Crippen LogP contribution in [0, 0.1) is 0 Å². The lowest BCUT2D eigenvalue weighted by atomic mass is 10.2. The van der Waals surface area contributed by atoms with Crippen LogP contribution in [0.2, 0.25) is 5.02 Å². The molecule has 0 aromatic heterocycles. The van der Waals surface area contributed by atoms with Crippen molar-refractivity contribution in [2.45, 2.75) is 0 Å². The molecule has 0 radical (unpaired) electrons. The van der Waals surface area contributed by atoms with E-state index in [1.807, 2.05) is 12.1 Å². The lowest BCUT2D eigenvalue weighted by Gasteiger charge is -2.07. The fourth-order valence-electron chi connectivity index (χ4n) is 1.52. The third-order valence-corrected chi connectivity index (χ3v) is 3.63. The van der Waals surface area contributed by atoms with Crippen LogP contribution in [-0.2, 0) is 4.79 Å². The third kappa shape index (κ3) is 2.49. The average Bonchev–Trinajstić information content (AvgIpc) is 2.60. The van der Waals surface area contributed by atoms with Crippen molar-refractivity contribution in [2.75, 3.05) is 6.54 Å².